The Kier molecular flexibility index (Phi) is 5.69. The highest BCUT2D eigenvalue weighted by Crippen LogP contribution is 2.23. The molecule has 0 bridgehead atoms. The predicted molar refractivity (Wildman–Crippen MR) is 106 cm³/mol. The number of aromatic nitrogens is 1. The van der Waals surface area contributed by atoms with Gasteiger partial charge in [0.05, 0.1) is 23.1 Å². The fourth-order valence-electron chi connectivity index (χ4n) is 2.59. The summed E-state index contributed by atoms with van der Waals surface area (Å²) < 4.78 is 22.6. The molecule has 6 nitrogen and oxygen atoms in total. The van der Waals surface area contributed by atoms with E-state index in [2.05, 4.69) is 10.3 Å². The molecule has 0 fully saturated rings. The van der Waals surface area contributed by atoms with Crippen LogP contribution in [0.4, 0.5) is 0 Å². The highest BCUT2D eigenvalue weighted by Gasteiger charge is 2.14. The first kappa shape index (κ1) is 19.2. The number of primary sulfonamides is 1. The molecule has 1 atom stereocenters. The van der Waals surface area contributed by atoms with Crippen LogP contribution in [-0.2, 0) is 21.2 Å². The van der Waals surface area contributed by atoms with Crippen LogP contribution in [0.5, 0.6) is 0 Å². The summed E-state index contributed by atoms with van der Waals surface area (Å²) in [7, 11) is -3.72. The summed E-state index contributed by atoms with van der Waals surface area (Å²) in [5, 5.41) is 10.7. The quantitative estimate of drug-likeness (QED) is 0.663. The van der Waals surface area contributed by atoms with Gasteiger partial charge in [0.2, 0.25) is 15.9 Å². The first-order chi connectivity index (χ1) is 12.8. The Hall–Kier alpha value is -2.55. The third-order valence-corrected chi connectivity index (χ3v) is 5.87. The first-order valence-corrected chi connectivity index (χ1v) is 10.7. The lowest BCUT2D eigenvalue weighted by atomic mass is 10.1. The minimum Gasteiger partial charge on any atom is -0.349 e. The van der Waals surface area contributed by atoms with Crippen LogP contribution in [0.15, 0.2) is 64.9 Å². The fourth-order valence-corrected chi connectivity index (χ4v) is 3.93. The molecule has 0 radical (unpaired) electrons. The third-order valence-electron chi connectivity index (χ3n) is 4.00. The van der Waals surface area contributed by atoms with Crippen molar-refractivity contribution >= 4 is 27.3 Å². The monoisotopic (exact) mass is 401 g/mol. The number of rotatable bonds is 6. The molecule has 1 amide bonds. The topological polar surface area (TPSA) is 102 Å². The number of sulfonamides is 1. The van der Waals surface area contributed by atoms with Crippen LogP contribution >= 0.6 is 11.3 Å². The van der Waals surface area contributed by atoms with Crippen molar-refractivity contribution in [3.8, 4) is 10.6 Å². The van der Waals surface area contributed by atoms with Gasteiger partial charge in [-0.15, -0.1) is 11.3 Å². The van der Waals surface area contributed by atoms with Gasteiger partial charge in [0, 0.05) is 10.9 Å². The van der Waals surface area contributed by atoms with E-state index >= 15 is 0 Å². The van der Waals surface area contributed by atoms with Crippen LogP contribution in [0.25, 0.3) is 10.6 Å². The number of hydrogen-bond acceptors (Lipinski definition) is 5. The second-order valence-corrected chi connectivity index (χ2v) is 8.51. The number of hydrogen-bond donors (Lipinski definition) is 2. The molecule has 0 aliphatic heterocycles. The summed E-state index contributed by atoms with van der Waals surface area (Å²) in [6.07, 6.45) is 0.183. The van der Waals surface area contributed by atoms with Gasteiger partial charge in [-0.1, -0.05) is 42.5 Å². The van der Waals surface area contributed by atoms with E-state index in [1.807, 2.05) is 42.6 Å². The summed E-state index contributed by atoms with van der Waals surface area (Å²) in [6.45, 7) is 1.83. The smallest absolute Gasteiger partial charge is 0.238 e. The van der Waals surface area contributed by atoms with Gasteiger partial charge in [0.1, 0.15) is 5.01 Å². The predicted octanol–water partition coefficient (Wildman–Crippen LogP) is 2.88. The summed E-state index contributed by atoms with van der Waals surface area (Å²) in [5.74, 6) is -0.150. The van der Waals surface area contributed by atoms with Crippen molar-refractivity contribution in [2.24, 2.45) is 5.14 Å². The molecule has 8 heteroatoms. The van der Waals surface area contributed by atoms with Crippen LogP contribution in [0.2, 0.25) is 0 Å². The van der Waals surface area contributed by atoms with Crippen LogP contribution in [0.1, 0.15) is 24.2 Å². The third kappa shape index (κ3) is 5.00. The fraction of sp³-hybridized carbons (Fsp3) is 0.158. The Bertz CT molecular complexity index is 1030. The number of carbonyl (C=O) groups is 1. The number of thiazole rings is 1. The summed E-state index contributed by atoms with van der Waals surface area (Å²) in [4.78, 5) is 16.9. The molecule has 3 N–H and O–H groups in total. The van der Waals surface area contributed by atoms with E-state index in [4.69, 9.17) is 5.14 Å². The van der Waals surface area contributed by atoms with E-state index in [9.17, 15) is 13.2 Å². The lowest BCUT2D eigenvalue weighted by Gasteiger charge is -2.14. The largest absolute Gasteiger partial charge is 0.349 e. The summed E-state index contributed by atoms with van der Waals surface area (Å²) >= 11 is 1.50. The Labute approximate surface area is 162 Å². The van der Waals surface area contributed by atoms with Crippen LogP contribution in [-0.4, -0.2) is 19.3 Å². The molecule has 0 aliphatic rings. The van der Waals surface area contributed by atoms with E-state index in [0.29, 0.717) is 5.69 Å². The van der Waals surface area contributed by atoms with Crippen LogP contribution < -0.4 is 10.5 Å². The van der Waals surface area contributed by atoms with Crippen molar-refractivity contribution in [2.75, 3.05) is 0 Å². The van der Waals surface area contributed by atoms with Gasteiger partial charge >= 0.3 is 0 Å². The van der Waals surface area contributed by atoms with Gasteiger partial charge in [-0.2, -0.15) is 0 Å². The summed E-state index contributed by atoms with van der Waals surface area (Å²) in [5.41, 5.74) is 2.53. The van der Waals surface area contributed by atoms with E-state index in [1.165, 1.54) is 23.5 Å². The summed E-state index contributed by atoms with van der Waals surface area (Å²) in [6, 6.07) is 15.7. The number of nitrogens with one attached hydrogen (secondary N) is 1. The van der Waals surface area contributed by atoms with Gasteiger partial charge in [-0.05, 0) is 24.6 Å². The van der Waals surface area contributed by atoms with Crippen molar-refractivity contribution in [3.05, 3.63) is 71.2 Å². The average Bonchev–Trinajstić information content (AvgIpc) is 3.10. The standard InChI is InChI=1S/C19H19N3O3S2/c1-13(14-7-9-17(10-8-14)27(20,24)25)21-18(23)11-16-12-26-19(22-16)15-5-3-2-4-6-15/h2-10,12-13H,11H2,1H3,(H,21,23)(H2,20,24,25). The van der Waals surface area contributed by atoms with Gasteiger partial charge in [0.25, 0.3) is 0 Å². The highest BCUT2D eigenvalue weighted by molar-refractivity contribution is 7.89. The molecule has 0 aliphatic carbocycles. The second kappa shape index (κ2) is 7.99. The number of benzene rings is 2. The normalized spacial score (nSPS) is 12.5. The molecule has 0 saturated heterocycles. The minimum absolute atomic E-state index is 0.0423. The molecule has 0 spiro atoms. The Morgan fingerprint density at radius 1 is 1.15 bits per heavy atom. The van der Waals surface area contributed by atoms with E-state index in [-0.39, 0.29) is 23.3 Å². The molecule has 2 aromatic carbocycles. The molecule has 1 heterocycles. The van der Waals surface area contributed by atoms with E-state index in [1.54, 1.807) is 12.1 Å². The number of carbonyl (C=O) groups excluding carboxylic acids is 1. The molecule has 140 valence electrons. The van der Waals surface area contributed by atoms with Crippen LogP contribution in [0.3, 0.4) is 0 Å². The number of nitrogens with two attached hydrogens (primary N) is 1. The maximum absolute atomic E-state index is 12.3. The van der Waals surface area contributed by atoms with Crippen molar-refractivity contribution in [2.45, 2.75) is 24.3 Å². The van der Waals surface area contributed by atoms with Crippen molar-refractivity contribution in [1.82, 2.24) is 10.3 Å². The highest BCUT2D eigenvalue weighted by atomic mass is 32.2. The van der Waals surface area contributed by atoms with E-state index in [0.717, 1.165) is 16.1 Å². The molecule has 3 rings (SSSR count). The van der Waals surface area contributed by atoms with Crippen molar-refractivity contribution in [3.63, 3.8) is 0 Å². The minimum atomic E-state index is -3.72. The van der Waals surface area contributed by atoms with Gasteiger partial charge in [-0.25, -0.2) is 18.5 Å². The molecule has 1 aromatic heterocycles. The molecule has 27 heavy (non-hydrogen) atoms. The number of amides is 1. The zero-order chi connectivity index (χ0) is 19.4. The average molecular weight is 402 g/mol. The van der Waals surface area contributed by atoms with Crippen molar-refractivity contribution < 1.29 is 13.2 Å². The molecular weight excluding hydrogens is 382 g/mol. The van der Waals surface area contributed by atoms with Gasteiger partial charge < -0.3 is 5.32 Å². The van der Waals surface area contributed by atoms with E-state index < -0.39 is 10.0 Å². The molecule has 1 unspecified atom stereocenters. The Morgan fingerprint density at radius 2 is 1.81 bits per heavy atom. The van der Waals surface area contributed by atoms with Crippen LogP contribution in [0, 0.1) is 0 Å². The number of nitrogens with zero attached hydrogens (tertiary/aromatic N) is 1. The van der Waals surface area contributed by atoms with Gasteiger partial charge in [0.15, 0.2) is 0 Å². The first-order valence-electron chi connectivity index (χ1n) is 8.25. The van der Waals surface area contributed by atoms with Gasteiger partial charge in [-0.3, -0.25) is 4.79 Å². The Morgan fingerprint density at radius 3 is 2.44 bits per heavy atom. The molecule has 0 saturated carbocycles. The second-order valence-electron chi connectivity index (χ2n) is 6.09. The SMILES string of the molecule is CC(NC(=O)Cc1csc(-c2ccccc2)n1)c1ccc(S(N)(=O)=O)cc1. The Balaban J connectivity index is 1.61. The maximum Gasteiger partial charge on any atom is 0.238 e. The maximum atomic E-state index is 12.3. The zero-order valence-electron chi connectivity index (χ0n) is 14.6. The lowest BCUT2D eigenvalue weighted by molar-refractivity contribution is -0.121. The molecular formula is C19H19N3O3S2. The zero-order valence-corrected chi connectivity index (χ0v) is 16.3. The molecule has 3 aromatic rings. The van der Waals surface area contributed by atoms with Crippen molar-refractivity contribution in [1.29, 1.82) is 0 Å². The lowest BCUT2D eigenvalue weighted by Crippen LogP contribution is -2.28.